The molecule has 0 radical (unpaired) electrons. The summed E-state index contributed by atoms with van der Waals surface area (Å²) in [7, 11) is 0. The smallest absolute Gasteiger partial charge is 0.123 e. The van der Waals surface area contributed by atoms with Gasteiger partial charge in [-0.2, -0.15) is 0 Å². The third kappa shape index (κ3) is 2.49. The van der Waals surface area contributed by atoms with Gasteiger partial charge in [0.2, 0.25) is 0 Å². The molecule has 1 aliphatic rings. The maximum Gasteiger partial charge on any atom is 0.123 e. The minimum Gasteiger partial charge on any atom is -0.312 e. The fraction of sp³-hybridized carbons (Fsp3) is 0.333. The van der Waals surface area contributed by atoms with Gasteiger partial charge in [-0.1, -0.05) is 6.07 Å². The number of rotatable bonds is 2. The molecule has 2 aromatic rings. The molecule has 3 rings (SSSR count). The molecule has 0 bridgehead atoms. The van der Waals surface area contributed by atoms with Crippen molar-refractivity contribution in [1.82, 2.24) is 15.3 Å². The Bertz CT molecular complexity index is 610. The summed E-state index contributed by atoms with van der Waals surface area (Å²) >= 11 is 0. The summed E-state index contributed by atoms with van der Waals surface area (Å²) in [6, 6.07) is 4.92. The van der Waals surface area contributed by atoms with Gasteiger partial charge in [-0.25, -0.2) is 14.4 Å². The van der Waals surface area contributed by atoms with Crippen LogP contribution in [0.15, 0.2) is 24.5 Å². The molecule has 0 aliphatic carbocycles. The Morgan fingerprint density at radius 2 is 2.21 bits per heavy atom. The van der Waals surface area contributed by atoms with Gasteiger partial charge in [0.15, 0.2) is 0 Å². The Morgan fingerprint density at radius 3 is 3.05 bits per heavy atom. The van der Waals surface area contributed by atoms with E-state index in [1.165, 1.54) is 11.6 Å². The number of fused-ring (bicyclic) bond motifs is 1. The Morgan fingerprint density at radius 1 is 1.32 bits per heavy atom. The average Bonchev–Trinajstić information content (AvgIpc) is 2.42. The lowest BCUT2D eigenvalue weighted by Gasteiger charge is -2.18. The molecule has 1 aliphatic heterocycles. The first-order valence-electron chi connectivity index (χ1n) is 6.51. The van der Waals surface area contributed by atoms with E-state index < -0.39 is 0 Å². The number of aromatic nitrogens is 2. The Labute approximate surface area is 111 Å². The van der Waals surface area contributed by atoms with Crippen molar-refractivity contribution in [3.63, 3.8) is 0 Å². The zero-order valence-corrected chi connectivity index (χ0v) is 10.9. The monoisotopic (exact) mass is 257 g/mol. The molecule has 0 spiro atoms. The molecule has 19 heavy (non-hydrogen) atoms. The van der Waals surface area contributed by atoms with Gasteiger partial charge in [0.25, 0.3) is 0 Å². The lowest BCUT2D eigenvalue weighted by Crippen LogP contribution is -2.26. The molecule has 3 nitrogen and oxygen atoms in total. The highest BCUT2D eigenvalue weighted by Gasteiger charge is 2.15. The van der Waals surface area contributed by atoms with Crippen LogP contribution in [0.4, 0.5) is 4.39 Å². The van der Waals surface area contributed by atoms with E-state index in [0.29, 0.717) is 0 Å². The predicted octanol–water partition coefficient (Wildman–Crippen LogP) is 2.16. The molecule has 4 heteroatoms. The SMILES string of the molecule is Cc1cc(F)ccc1Cc1ncnc2c1CNCC2. The van der Waals surface area contributed by atoms with Gasteiger partial charge in [0.05, 0.1) is 5.69 Å². The number of benzene rings is 1. The first-order chi connectivity index (χ1) is 9.24. The van der Waals surface area contributed by atoms with Crippen molar-refractivity contribution in [2.75, 3.05) is 6.54 Å². The van der Waals surface area contributed by atoms with Crippen LogP contribution in [0.1, 0.15) is 28.1 Å². The number of hydrogen-bond donors (Lipinski definition) is 1. The summed E-state index contributed by atoms with van der Waals surface area (Å²) in [6.45, 7) is 3.73. The average molecular weight is 257 g/mol. The molecule has 1 N–H and O–H groups in total. The van der Waals surface area contributed by atoms with Gasteiger partial charge in [-0.15, -0.1) is 0 Å². The number of hydrogen-bond acceptors (Lipinski definition) is 3. The van der Waals surface area contributed by atoms with Crippen LogP contribution in [0.3, 0.4) is 0 Å². The largest absolute Gasteiger partial charge is 0.312 e. The van der Waals surface area contributed by atoms with E-state index in [1.54, 1.807) is 12.4 Å². The molecule has 98 valence electrons. The minimum absolute atomic E-state index is 0.187. The quantitative estimate of drug-likeness (QED) is 0.896. The standard InChI is InChI=1S/C15H16FN3/c1-10-6-12(16)3-2-11(10)7-15-13-8-17-5-4-14(13)18-9-19-15/h2-3,6,9,17H,4-5,7-8H2,1H3. The van der Waals surface area contributed by atoms with Crippen molar-refractivity contribution >= 4 is 0 Å². The maximum absolute atomic E-state index is 13.1. The molecule has 1 aromatic carbocycles. The van der Waals surface area contributed by atoms with Crippen LogP contribution in [-0.4, -0.2) is 16.5 Å². The summed E-state index contributed by atoms with van der Waals surface area (Å²) in [5.74, 6) is -0.187. The number of nitrogens with zero attached hydrogens (tertiary/aromatic N) is 2. The van der Waals surface area contributed by atoms with Gasteiger partial charge in [-0.05, 0) is 30.2 Å². The van der Waals surface area contributed by atoms with Gasteiger partial charge in [0, 0.05) is 37.2 Å². The molecule has 1 aromatic heterocycles. The number of halogens is 1. The van der Waals surface area contributed by atoms with E-state index in [4.69, 9.17) is 0 Å². The zero-order valence-electron chi connectivity index (χ0n) is 10.9. The van der Waals surface area contributed by atoms with Crippen molar-refractivity contribution in [2.45, 2.75) is 26.3 Å². The van der Waals surface area contributed by atoms with Crippen molar-refractivity contribution in [1.29, 1.82) is 0 Å². The molecule has 2 heterocycles. The van der Waals surface area contributed by atoms with Crippen LogP contribution in [0.5, 0.6) is 0 Å². The summed E-state index contributed by atoms with van der Waals surface area (Å²) < 4.78 is 13.1. The first kappa shape index (κ1) is 12.2. The van der Waals surface area contributed by atoms with Gasteiger partial charge in [-0.3, -0.25) is 0 Å². The van der Waals surface area contributed by atoms with E-state index in [9.17, 15) is 4.39 Å². The predicted molar refractivity (Wildman–Crippen MR) is 71.4 cm³/mol. The second-order valence-electron chi connectivity index (χ2n) is 4.92. The fourth-order valence-electron chi connectivity index (χ4n) is 2.52. The lowest BCUT2D eigenvalue weighted by atomic mass is 9.98. The fourth-order valence-corrected chi connectivity index (χ4v) is 2.52. The molecule has 0 atom stereocenters. The van der Waals surface area contributed by atoms with E-state index in [2.05, 4.69) is 15.3 Å². The van der Waals surface area contributed by atoms with Crippen molar-refractivity contribution in [3.8, 4) is 0 Å². The third-order valence-corrected chi connectivity index (χ3v) is 3.63. The highest BCUT2D eigenvalue weighted by Crippen LogP contribution is 2.19. The molecular formula is C15H16FN3. The summed E-state index contributed by atoms with van der Waals surface area (Å²) in [4.78, 5) is 8.75. The van der Waals surface area contributed by atoms with Crippen LogP contribution >= 0.6 is 0 Å². The summed E-state index contributed by atoms with van der Waals surface area (Å²) in [5, 5.41) is 3.35. The van der Waals surface area contributed by atoms with Crippen LogP contribution in [-0.2, 0) is 19.4 Å². The molecule has 0 unspecified atom stereocenters. The van der Waals surface area contributed by atoms with Crippen molar-refractivity contribution < 1.29 is 4.39 Å². The summed E-state index contributed by atoms with van der Waals surface area (Å²) in [5.41, 5.74) is 5.48. The third-order valence-electron chi connectivity index (χ3n) is 3.63. The molecular weight excluding hydrogens is 241 g/mol. The van der Waals surface area contributed by atoms with Crippen LogP contribution in [0.25, 0.3) is 0 Å². The topological polar surface area (TPSA) is 37.8 Å². The number of nitrogens with one attached hydrogen (secondary N) is 1. The van der Waals surface area contributed by atoms with E-state index in [1.807, 2.05) is 13.0 Å². The summed E-state index contributed by atoms with van der Waals surface area (Å²) in [6.07, 6.45) is 3.32. The Kier molecular flexibility index (Phi) is 3.25. The highest BCUT2D eigenvalue weighted by molar-refractivity contribution is 5.35. The van der Waals surface area contributed by atoms with Crippen molar-refractivity contribution in [3.05, 3.63) is 58.4 Å². The van der Waals surface area contributed by atoms with Crippen LogP contribution < -0.4 is 5.32 Å². The highest BCUT2D eigenvalue weighted by atomic mass is 19.1. The maximum atomic E-state index is 13.1. The van der Waals surface area contributed by atoms with Gasteiger partial charge in [0.1, 0.15) is 12.1 Å². The number of aryl methyl sites for hydroxylation is 1. The zero-order chi connectivity index (χ0) is 13.2. The second kappa shape index (κ2) is 5.05. The molecule has 0 amide bonds. The Balaban J connectivity index is 1.95. The van der Waals surface area contributed by atoms with Gasteiger partial charge >= 0.3 is 0 Å². The normalized spacial score (nSPS) is 14.2. The van der Waals surface area contributed by atoms with E-state index in [0.717, 1.165) is 48.4 Å². The van der Waals surface area contributed by atoms with Crippen molar-refractivity contribution in [2.24, 2.45) is 0 Å². The second-order valence-corrected chi connectivity index (χ2v) is 4.92. The van der Waals surface area contributed by atoms with Crippen LogP contribution in [0, 0.1) is 12.7 Å². The van der Waals surface area contributed by atoms with E-state index in [-0.39, 0.29) is 5.82 Å². The van der Waals surface area contributed by atoms with Gasteiger partial charge < -0.3 is 5.32 Å². The van der Waals surface area contributed by atoms with E-state index >= 15 is 0 Å². The molecule has 0 fully saturated rings. The molecule has 0 saturated carbocycles. The van der Waals surface area contributed by atoms with Crippen LogP contribution in [0.2, 0.25) is 0 Å². The lowest BCUT2D eigenvalue weighted by molar-refractivity contribution is 0.617. The Hall–Kier alpha value is -1.81. The minimum atomic E-state index is -0.187. The first-order valence-corrected chi connectivity index (χ1v) is 6.51. The molecule has 0 saturated heterocycles.